The number of hydrogen-bond acceptors (Lipinski definition) is 5. The molecule has 0 N–H and O–H groups in total. The summed E-state index contributed by atoms with van der Waals surface area (Å²) in [7, 11) is 0. The topological polar surface area (TPSA) is 68.5 Å². The summed E-state index contributed by atoms with van der Waals surface area (Å²) in [6.45, 7) is -1.34. The van der Waals surface area contributed by atoms with Gasteiger partial charge in [-0.1, -0.05) is 6.07 Å². The number of halogens is 3. The van der Waals surface area contributed by atoms with Crippen LogP contribution in [0.25, 0.3) is 11.5 Å². The first-order valence-corrected chi connectivity index (χ1v) is 7.15. The molecule has 3 rings (SSSR count). The number of benzene rings is 1. The molecule has 1 amide bonds. The van der Waals surface area contributed by atoms with Crippen molar-refractivity contribution >= 4 is 5.91 Å². The zero-order valence-corrected chi connectivity index (χ0v) is 12.7. The molecular formula is C15H14F3N3O3. The van der Waals surface area contributed by atoms with Crippen LogP contribution in [0, 0.1) is 5.82 Å². The first kappa shape index (κ1) is 16.4. The Balaban J connectivity index is 1.65. The second-order valence-corrected chi connectivity index (χ2v) is 5.80. The van der Waals surface area contributed by atoms with E-state index < -0.39 is 30.4 Å². The first-order chi connectivity index (χ1) is 11.4. The lowest BCUT2D eigenvalue weighted by Crippen LogP contribution is -2.60. The normalized spacial score (nSPS) is 16.3. The summed E-state index contributed by atoms with van der Waals surface area (Å²) in [6, 6.07) is 5.75. The van der Waals surface area contributed by atoms with Crippen molar-refractivity contribution in [2.45, 2.75) is 19.0 Å². The second-order valence-electron chi connectivity index (χ2n) is 5.80. The maximum Gasteiger partial charge on any atom is 0.345 e. The Hall–Kier alpha value is -2.42. The van der Waals surface area contributed by atoms with Gasteiger partial charge in [-0.05, 0) is 25.1 Å². The van der Waals surface area contributed by atoms with Gasteiger partial charge in [-0.15, -0.1) is 10.2 Å². The molecule has 1 aliphatic heterocycles. The molecule has 128 valence electrons. The van der Waals surface area contributed by atoms with Crippen molar-refractivity contribution in [2.75, 3.05) is 19.7 Å². The van der Waals surface area contributed by atoms with E-state index in [1.54, 1.807) is 6.07 Å². The van der Waals surface area contributed by atoms with Gasteiger partial charge in [-0.25, -0.2) is 4.39 Å². The number of carbonyl (C=O) groups excluding carboxylic acids is 1. The molecule has 1 fully saturated rings. The Morgan fingerprint density at radius 3 is 2.83 bits per heavy atom. The van der Waals surface area contributed by atoms with Gasteiger partial charge >= 0.3 is 6.61 Å². The number of rotatable bonds is 5. The fourth-order valence-corrected chi connectivity index (χ4v) is 2.54. The summed E-state index contributed by atoms with van der Waals surface area (Å²) in [5.41, 5.74) is -0.117. The summed E-state index contributed by atoms with van der Waals surface area (Å²) >= 11 is 0. The highest BCUT2D eigenvalue weighted by atomic mass is 19.3. The zero-order valence-electron chi connectivity index (χ0n) is 12.7. The number of aromatic nitrogens is 2. The smallest absolute Gasteiger partial charge is 0.345 e. The summed E-state index contributed by atoms with van der Waals surface area (Å²) in [5, 5.41) is 7.85. The quantitative estimate of drug-likeness (QED) is 0.834. The van der Waals surface area contributed by atoms with E-state index in [0.29, 0.717) is 11.5 Å². The van der Waals surface area contributed by atoms with Gasteiger partial charge in [0.25, 0.3) is 0 Å². The highest BCUT2D eigenvalue weighted by molar-refractivity contribution is 5.78. The predicted molar refractivity (Wildman–Crippen MR) is 75.6 cm³/mol. The maximum absolute atomic E-state index is 13.2. The number of amides is 1. The lowest BCUT2D eigenvalue weighted by atomic mass is 9.82. The predicted octanol–water partition coefficient (Wildman–Crippen LogP) is 2.21. The van der Waals surface area contributed by atoms with Gasteiger partial charge < -0.3 is 14.1 Å². The minimum atomic E-state index is -2.98. The third-order valence-corrected chi connectivity index (χ3v) is 3.78. The molecule has 0 aliphatic carbocycles. The van der Waals surface area contributed by atoms with E-state index in [2.05, 4.69) is 14.9 Å². The zero-order chi connectivity index (χ0) is 17.3. The van der Waals surface area contributed by atoms with Crippen LogP contribution in [0.2, 0.25) is 0 Å². The molecule has 24 heavy (non-hydrogen) atoms. The SMILES string of the molecule is CC1(c2nnc(-c3cccc(F)c3)o2)CN(C(=O)COC(F)F)C1. The van der Waals surface area contributed by atoms with Crippen LogP contribution in [-0.2, 0) is 14.9 Å². The Bertz CT molecular complexity index is 744. The number of alkyl halides is 2. The molecular weight excluding hydrogens is 327 g/mol. The van der Waals surface area contributed by atoms with Crippen molar-refractivity contribution in [1.82, 2.24) is 15.1 Å². The number of likely N-dealkylation sites (tertiary alicyclic amines) is 1. The van der Waals surface area contributed by atoms with Crippen LogP contribution in [0.3, 0.4) is 0 Å². The molecule has 6 nitrogen and oxygen atoms in total. The van der Waals surface area contributed by atoms with E-state index >= 15 is 0 Å². The Morgan fingerprint density at radius 1 is 1.42 bits per heavy atom. The molecule has 0 atom stereocenters. The number of hydrogen-bond donors (Lipinski definition) is 0. The molecule has 0 radical (unpaired) electrons. The van der Waals surface area contributed by atoms with Gasteiger partial charge in [0, 0.05) is 18.7 Å². The Labute approximate surface area is 135 Å². The number of ether oxygens (including phenoxy) is 1. The van der Waals surface area contributed by atoms with Crippen molar-refractivity contribution < 1.29 is 27.1 Å². The van der Waals surface area contributed by atoms with Crippen molar-refractivity contribution in [1.29, 1.82) is 0 Å². The maximum atomic E-state index is 13.2. The van der Waals surface area contributed by atoms with Gasteiger partial charge in [0.05, 0.1) is 5.41 Å². The second kappa shape index (κ2) is 6.23. The summed E-state index contributed by atoms with van der Waals surface area (Å²) in [6.07, 6.45) is 0. The van der Waals surface area contributed by atoms with Gasteiger partial charge in [-0.2, -0.15) is 8.78 Å². The Morgan fingerprint density at radius 2 is 2.17 bits per heavy atom. The van der Waals surface area contributed by atoms with Crippen LogP contribution in [-0.4, -0.2) is 47.3 Å². The standard InChI is InChI=1S/C15H14F3N3O3/c1-15(7-21(8-15)11(22)6-23-14(17)18)13-20-19-12(24-13)9-3-2-4-10(16)5-9/h2-5,14H,6-8H2,1H3. The van der Waals surface area contributed by atoms with Gasteiger partial charge in [0.1, 0.15) is 12.4 Å². The van der Waals surface area contributed by atoms with E-state index in [9.17, 15) is 18.0 Å². The third kappa shape index (κ3) is 3.25. The van der Waals surface area contributed by atoms with Crippen LogP contribution in [0.15, 0.2) is 28.7 Å². The van der Waals surface area contributed by atoms with Gasteiger partial charge in [0.15, 0.2) is 0 Å². The van der Waals surface area contributed by atoms with Crippen LogP contribution in [0.4, 0.5) is 13.2 Å². The molecule has 0 saturated carbocycles. The monoisotopic (exact) mass is 341 g/mol. The van der Waals surface area contributed by atoms with Crippen molar-refractivity contribution in [3.05, 3.63) is 36.0 Å². The third-order valence-electron chi connectivity index (χ3n) is 3.78. The van der Waals surface area contributed by atoms with Gasteiger partial charge in [0.2, 0.25) is 17.7 Å². The highest BCUT2D eigenvalue weighted by Crippen LogP contribution is 2.34. The molecule has 9 heteroatoms. The number of nitrogens with zero attached hydrogens (tertiary/aromatic N) is 3. The van der Waals surface area contributed by atoms with Crippen LogP contribution < -0.4 is 0 Å². The van der Waals surface area contributed by atoms with E-state index in [1.165, 1.54) is 23.1 Å². The van der Waals surface area contributed by atoms with E-state index in [4.69, 9.17) is 4.42 Å². The summed E-state index contributed by atoms with van der Waals surface area (Å²) in [5.74, 6) is -0.465. The molecule has 2 heterocycles. The summed E-state index contributed by atoms with van der Waals surface area (Å²) in [4.78, 5) is 13.0. The van der Waals surface area contributed by atoms with E-state index in [0.717, 1.165) is 0 Å². The highest BCUT2D eigenvalue weighted by Gasteiger charge is 2.46. The lowest BCUT2D eigenvalue weighted by Gasteiger charge is -2.45. The van der Waals surface area contributed by atoms with Gasteiger partial charge in [-0.3, -0.25) is 4.79 Å². The van der Waals surface area contributed by atoms with E-state index in [-0.39, 0.29) is 19.0 Å². The fourth-order valence-electron chi connectivity index (χ4n) is 2.54. The minimum Gasteiger partial charge on any atom is -0.420 e. The molecule has 0 spiro atoms. The van der Waals surface area contributed by atoms with Crippen molar-refractivity contribution in [3.63, 3.8) is 0 Å². The molecule has 0 bridgehead atoms. The van der Waals surface area contributed by atoms with Crippen molar-refractivity contribution in [2.24, 2.45) is 0 Å². The first-order valence-electron chi connectivity index (χ1n) is 7.15. The molecule has 1 aromatic carbocycles. The molecule has 1 aliphatic rings. The average Bonchev–Trinajstić information content (AvgIpc) is 3.00. The van der Waals surface area contributed by atoms with Crippen LogP contribution >= 0.6 is 0 Å². The Kier molecular flexibility index (Phi) is 4.27. The molecule has 1 saturated heterocycles. The molecule has 2 aromatic rings. The molecule has 0 unspecified atom stereocenters. The largest absolute Gasteiger partial charge is 0.420 e. The average molecular weight is 341 g/mol. The van der Waals surface area contributed by atoms with Crippen LogP contribution in [0.1, 0.15) is 12.8 Å². The number of carbonyl (C=O) groups is 1. The minimum absolute atomic E-state index is 0.177. The fraction of sp³-hybridized carbons (Fsp3) is 0.400. The molecule has 1 aromatic heterocycles. The lowest BCUT2D eigenvalue weighted by molar-refractivity contribution is -0.165. The summed E-state index contributed by atoms with van der Waals surface area (Å²) < 4.78 is 46.7. The van der Waals surface area contributed by atoms with Crippen LogP contribution in [0.5, 0.6) is 0 Å². The van der Waals surface area contributed by atoms with Crippen molar-refractivity contribution in [3.8, 4) is 11.5 Å². The van der Waals surface area contributed by atoms with E-state index in [1.807, 2.05) is 6.92 Å².